The maximum atomic E-state index is 14.1. The number of aryl methyl sites for hydroxylation is 2. The van der Waals surface area contributed by atoms with Gasteiger partial charge in [0.2, 0.25) is 0 Å². The molecule has 2 aromatic rings. The van der Waals surface area contributed by atoms with Crippen LogP contribution in [0.2, 0.25) is 0 Å². The number of aliphatic carboxylic acids is 1. The topological polar surface area (TPSA) is 55.4 Å². The van der Waals surface area contributed by atoms with Crippen LogP contribution in [0.15, 0.2) is 36.4 Å². The van der Waals surface area contributed by atoms with E-state index in [-0.39, 0.29) is 48.2 Å². The summed E-state index contributed by atoms with van der Waals surface area (Å²) in [7, 11) is 0. The minimum absolute atomic E-state index is 0. The number of halogens is 1. The second-order valence-corrected chi connectivity index (χ2v) is 7.09. The second-order valence-electron chi connectivity index (χ2n) is 7.09. The van der Waals surface area contributed by atoms with Gasteiger partial charge in [0.05, 0.1) is 0 Å². The number of hydrogen-bond donors (Lipinski definition) is 1. The third-order valence-corrected chi connectivity index (χ3v) is 5.01. The molecule has 2 aromatic carbocycles. The first-order valence-electron chi connectivity index (χ1n) is 9.65. The molecule has 0 spiro atoms. The number of rotatable bonds is 8. The summed E-state index contributed by atoms with van der Waals surface area (Å²) in [5.41, 5.74) is 4.98. The maximum absolute atomic E-state index is 14.1. The molecule has 3 rings (SSSR count). The Balaban J connectivity index is 0.00000280. The standard InChI is InChI=1S/C22H27FN2O2.Na/c1-2-11-25-12-3-4-18-6-5-16(13-21(18)25)15-24-19-9-7-17(20(23)14-19)8-10-22(26)27;/h5-7,9,13-14,24H,2-4,8,10-12,15H2,1H3,(H,26,27);/q;+1/p-1. The average molecular weight is 392 g/mol. The van der Waals surface area contributed by atoms with Gasteiger partial charge in [-0.2, -0.15) is 0 Å². The number of carboxylic acid groups (broad SMARTS) is 1. The molecular weight excluding hydrogens is 366 g/mol. The van der Waals surface area contributed by atoms with Crippen molar-refractivity contribution in [2.24, 2.45) is 0 Å². The number of anilines is 2. The molecule has 28 heavy (non-hydrogen) atoms. The normalized spacial score (nSPS) is 12.9. The average Bonchev–Trinajstić information content (AvgIpc) is 2.66. The molecule has 4 nitrogen and oxygen atoms in total. The largest absolute Gasteiger partial charge is 1.00 e. The first-order chi connectivity index (χ1) is 13.1. The van der Waals surface area contributed by atoms with Crippen molar-refractivity contribution in [3.63, 3.8) is 0 Å². The van der Waals surface area contributed by atoms with Gasteiger partial charge < -0.3 is 20.1 Å². The van der Waals surface area contributed by atoms with E-state index in [0.29, 0.717) is 17.8 Å². The van der Waals surface area contributed by atoms with Crippen LogP contribution in [0.1, 0.15) is 42.9 Å². The Morgan fingerprint density at radius 1 is 1.25 bits per heavy atom. The molecule has 6 heteroatoms. The van der Waals surface area contributed by atoms with Crippen molar-refractivity contribution in [2.45, 2.75) is 45.6 Å². The summed E-state index contributed by atoms with van der Waals surface area (Å²) in [5, 5.41) is 13.8. The maximum Gasteiger partial charge on any atom is 1.00 e. The van der Waals surface area contributed by atoms with E-state index in [1.165, 1.54) is 23.7 Å². The molecule has 1 N–H and O–H groups in total. The minimum atomic E-state index is -1.17. The van der Waals surface area contributed by atoms with Crippen molar-refractivity contribution >= 4 is 17.3 Å². The van der Waals surface area contributed by atoms with Crippen molar-refractivity contribution in [1.29, 1.82) is 0 Å². The molecule has 1 aliphatic heterocycles. The van der Waals surface area contributed by atoms with Gasteiger partial charge in [0.25, 0.3) is 0 Å². The molecule has 0 saturated carbocycles. The zero-order chi connectivity index (χ0) is 19.2. The summed E-state index contributed by atoms with van der Waals surface area (Å²) in [6.07, 6.45) is 3.43. The Morgan fingerprint density at radius 2 is 2.07 bits per heavy atom. The van der Waals surface area contributed by atoms with Crippen LogP contribution in [0, 0.1) is 5.82 Å². The predicted octanol–water partition coefficient (Wildman–Crippen LogP) is 0.287. The number of carbonyl (C=O) groups excluding carboxylic acids is 1. The fraction of sp³-hybridized carbons (Fsp3) is 0.409. The fourth-order valence-electron chi connectivity index (χ4n) is 3.61. The molecule has 0 fully saturated rings. The molecule has 0 saturated heterocycles. The van der Waals surface area contributed by atoms with Crippen LogP contribution in [-0.4, -0.2) is 19.1 Å². The van der Waals surface area contributed by atoms with Gasteiger partial charge in [-0.05, 0) is 67.0 Å². The van der Waals surface area contributed by atoms with Gasteiger partial charge in [0.15, 0.2) is 0 Å². The molecule has 0 radical (unpaired) electrons. The fourth-order valence-corrected chi connectivity index (χ4v) is 3.61. The van der Waals surface area contributed by atoms with Crippen LogP contribution in [0.4, 0.5) is 15.8 Å². The zero-order valence-electron chi connectivity index (χ0n) is 16.8. The Hall–Kier alpha value is -1.56. The van der Waals surface area contributed by atoms with E-state index in [1.54, 1.807) is 12.1 Å². The third kappa shape index (κ3) is 5.97. The van der Waals surface area contributed by atoms with Gasteiger partial charge in [-0.1, -0.05) is 25.1 Å². The molecule has 0 amide bonds. The van der Waals surface area contributed by atoms with Crippen LogP contribution in [0.3, 0.4) is 0 Å². The van der Waals surface area contributed by atoms with Gasteiger partial charge >= 0.3 is 29.6 Å². The summed E-state index contributed by atoms with van der Waals surface area (Å²) < 4.78 is 14.1. The van der Waals surface area contributed by atoms with Crippen LogP contribution < -0.4 is 44.9 Å². The minimum Gasteiger partial charge on any atom is -0.550 e. The second kappa shape index (κ2) is 10.8. The summed E-state index contributed by atoms with van der Waals surface area (Å²) in [5.74, 6) is -1.55. The van der Waals surface area contributed by atoms with E-state index in [4.69, 9.17) is 0 Å². The molecule has 1 aliphatic rings. The van der Waals surface area contributed by atoms with E-state index in [2.05, 4.69) is 35.3 Å². The third-order valence-electron chi connectivity index (χ3n) is 5.01. The van der Waals surface area contributed by atoms with E-state index >= 15 is 0 Å². The smallest absolute Gasteiger partial charge is 0.550 e. The van der Waals surface area contributed by atoms with Crippen molar-refractivity contribution < 1.29 is 43.8 Å². The number of benzene rings is 2. The quantitative estimate of drug-likeness (QED) is 0.656. The monoisotopic (exact) mass is 392 g/mol. The van der Waals surface area contributed by atoms with Crippen LogP contribution in [-0.2, 0) is 24.2 Å². The number of carbonyl (C=O) groups is 1. The number of carboxylic acids is 1. The van der Waals surface area contributed by atoms with Gasteiger partial charge in [0, 0.05) is 37.0 Å². The molecule has 0 unspecified atom stereocenters. The van der Waals surface area contributed by atoms with Crippen LogP contribution >= 0.6 is 0 Å². The Bertz CT molecular complexity index is 813. The molecular formula is C22H26FN2NaO2. The summed E-state index contributed by atoms with van der Waals surface area (Å²) >= 11 is 0. The summed E-state index contributed by atoms with van der Waals surface area (Å²) in [6.45, 7) is 4.99. The van der Waals surface area contributed by atoms with Gasteiger partial charge in [-0.3, -0.25) is 0 Å². The van der Waals surface area contributed by atoms with Crippen molar-refractivity contribution in [3.05, 3.63) is 58.9 Å². The number of nitrogens with one attached hydrogen (secondary N) is 1. The number of fused-ring (bicyclic) bond motifs is 1. The molecule has 0 aliphatic carbocycles. The molecule has 0 bridgehead atoms. The van der Waals surface area contributed by atoms with Gasteiger partial charge in [-0.25, -0.2) is 4.39 Å². The Kier molecular flexibility index (Phi) is 8.80. The van der Waals surface area contributed by atoms with Gasteiger partial charge in [-0.15, -0.1) is 0 Å². The zero-order valence-corrected chi connectivity index (χ0v) is 18.8. The SMILES string of the molecule is CCCN1CCCc2ccc(CNc3ccc(CCC(=O)[O-])c(F)c3)cc21.[Na+]. The van der Waals surface area contributed by atoms with E-state index in [9.17, 15) is 14.3 Å². The first kappa shape index (κ1) is 22.7. The van der Waals surface area contributed by atoms with Crippen LogP contribution in [0.25, 0.3) is 0 Å². The van der Waals surface area contributed by atoms with Gasteiger partial charge in [0.1, 0.15) is 5.82 Å². The van der Waals surface area contributed by atoms with Crippen molar-refractivity contribution in [1.82, 2.24) is 0 Å². The Morgan fingerprint density at radius 3 is 2.79 bits per heavy atom. The molecule has 144 valence electrons. The van der Waals surface area contributed by atoms with Crippen LogP contribution in [0.5, 0.6) is 0 Å². The predicted molar refractivity (Wildman–Crippen MR) is 104 cm³/mol. The summed E-state index contributed by atoms with van der Waals surface area (Å²) in [6, 6.07) is 11.4. The van der Waals surface area contributed by atoms with E-state index in [1.807, 2.05) is 0 Å². The van der Waals surface area contributed by atoms with E-state index < -0.39 is 5.97 Å². The number of nitrogens with zero attached hydrogens (tertiary/aromatic N) is 1. The Labute approximate surface area is 188 Å². The van der Waals surface area contributed by atoms with Crippen molar-refractivity contribution in [3.8, 4) is 0 Å². The molecule has 1 heterocycles. The molecule has 0 atom stereocenters. The first-order valence-corrected chi connectivity index (χ1v) is 9.65. The van der Waals surface area contributed by atoms with E-state index in [0.717, 1.165) is 31.5 Å². The molecule has 0 aromatic heterocycles. The number of hydrogen-bond acceptors (Lipinski definition) is 4. The van der Waals surface area contributed by atoms with Crippen molar-refractivity contribution in [2.75, 3.05) is 23.3 Å². The summed E-state index contributed by atoms with van der Waals surface area (Å²) in [4.78, 5) is 13.0.